The Labute approximate surface area is 82.4 Å². The first kappa shape index (κ1) is 10.1. The minimum atomic E-state index is 0.201. The molecule has 0 aromatic heterocycles. The zero-order valence-corrected chi connectivity index (χ0v) is 8.64. The molecule has 0 heterocycles. The number of ether oxygens (including phenoxy) is 1. The molecule has 0 N–H and O–H groups in total. The van der Waals surface area contributed by atoms with Crippen molar-refractivity contribution in [3.05, 3.63) is 24.3 Å². The zero-order valence-electron chi connectivity index (χ0n) is 7.82. The summed E-state index contributed by atoms with van der Waals surface area (Å²) < 4.78 is 16.1. The van der Waals surface area contributed by atoms with E-state index in [0.29, 0.717) is 16.6 Å². The van der Waals surface area contributed by atoms with Crippen LogP contribution in [0.2, 0.25) is 0 Å². The fourth-order valence-corrected chi connectivity index (χ4v) is 1.21. The highest BCUT2D eigenvalue weighted by molar-refractivity contribution is 7.65. The highest BCUT2D eigenvalue weighted by atomic mass is 32.1. The van der Waals surface area contributed by atoms with Gasteiger partial charge in [0, 0.05) is 10.3 Å². The summed E-state index contributed by atoms with van der Waals surface area (Å²) in [5.74, 6) is 0.773. The molecule has 2 nitrogen and oxygen atoms in total. The zero-order chi connectivity index (χ0) is 9.68. The quantitative estimate of drug-likeness (QED) is 0.694. The van der Waals surface area contributed by atoms with Gasteiger partial charge in [-0.25, -0.2) is 0 Å². The van der Waals surface area contributed by atoms with Gasteiger partial charge in [0.1, 0.15) is 5.75 Å². The Balaban J connectivity index is 2.71. The maximum Gasteiger partial charge on any atom is 0.505 e. The van der Waals surface area contributed by atoms with Gasteiger partial charge in [0.2, 0.25) is 0 Å². The molecule has 0 aliphatic carbocycles. The maximum absolute atomic E-state index is 10.5. The second-order valence-electron chi connectivity index (χ2n) is 2.89. The normalized spacial score (nSPS) is 12.2. The van der Waals surface area contributed by atoms with E-state index in [0.717, 1.165) is 12.2 Å². The fourth-order valence-electron chi connectivity index (χ4n) is 0.915. The standard InChI is InChI=1S/C10H13O2S/c1-3-8(2)12-9-5-4-6-10(7-9)13-11/h4-8H,3H2,1-2H3/q+1. The lowest BCUT2D eigenvalue weighted by Crippen LogP contribution is -2.09. The summed E-state index contributed by atoms with van der Waals surface area (Å²) in [6, 6.07) is 7.24. The molecule has 0 spiro atoms. The number of rotatable bonds is 4. The second kappa shape index (κ2) is 4.92. The number of benzene rings is 1. The van der Waals surface area contributed by atoms with Gasteiger partial charge >= 0.3 is 11.7 Å². The lowest BCUT2D eigenvalue weighted by molar-refractivity contribution is 0.217. The molecule has 0 bridgehead atoms. The van der Waals surface area contributed by atoms with Gasteiger partial charge in [-0.2, -0.15) is 0 Å². The molecule has 0 saturated heterocycles. The van der Waals surface area contributed by atoms with Crippen LogP contribution in [0.1, 0.15) is 20.3 Å². The summed E-state index contributed by atoms with van der Waals surface area (Å²) in [4.78, 5) is 0.695. The van der Waals surface area contributed by atoms with E-state index in [1.165, 1.54) is 0 Å². The third-order valence-electron chi connectivity index (χ3n) is 1.81. The van der Waals surface area contributed by atoms with Gasteiger partial charge in [0.25, 0.3) is 4.90 Å². The molecule has 1 rings (SSSR count). The van der Waals surface area contributed by atoms with Crippen molar-refractivity contribution < 1.29 is 8.95 Å². The fraction of sp³-hybridized carbons (Fsp3) is 0.400. The van der Waals surface area contributed by atoms with Gasteiger partial charge < -0.3 is 4.74 Å². The molecule has 1 atom stereocenters. The van der Waals surface area contributed by atoms with E-state index in [1.54, 1.807) is 12.1 Å². The number of hydrogen-bond donors (Lipinski definition) is 0. The van der Waals surface area contributed by atoms with Crippen LogP contribution in [-0.2, 0) is 15.9 Å². The molecular formula is C10H13O2S+. The van der Waals surface area contributed by atoms with E-state index in [2.05, 4.69) is 6.92 Å². The summed E-state index contributed by atoms with van der Waals surface area (Å²) in [5, 5.41) is 0. The molecule has 0 fully saturated rings. The van der Waals surface area contributed by atoms with Crippen molar-refractivity contribution in [3.63, 3.8) is 0 Å². The van der Waals surface area contributed by atoms with Crippen LogP contribution in [0, 0.1) is 0 Å². The molecule has 0 amide bonds. The van der Waals surface area contributed by atoms with Crippen molar-refractivity contribution in [3.8, 4) is 5.75 Å². The molecular weight excluding hydrogens is 184 g/mol. The molecule has 70 valence electrons. The third kappa shape index (κ3) is 3.11. The molecule has 0 radical (unpaired) electrons. The van der Waals surface area contributed by atoms with Crippen LogP contribution in [0.4, 0.5) is 0 Å². The van der Waals surface area contributed by atoms with Gasteiger partial charge in [-0.15, -0.1) is 0 Å². The summed E-state index contributed by atoms with van der Waals surface area (Å²) in [6.45, 7) is 4.08. The van der Waals surface area contributed by atoms with Gasteiger partial charge in [-0.1, -0.05) is 13.0 Å². The Morgan fingerprint density at radius 3 is 2.92 bits per heavy atom. The predicted molar refractivity (Wildman–Crippen MR) is 53.1 cm³/mol. The molecule has 1 aromatic rings. The predicted octanol–water partition coefficient (Wildman–Crippen LogP) is 2.65. The molecule has 0 aliphatic rings. The average molecular weight is 197 g/mol. The monoisotopic (exact) mass is 197 g/mol. The lowest BCUT2D eigenvalue weighted by atomic mass is 10.3. The Kier molecular flexibility index (Phi) is 3.83. The number of hydrogen-bond acceptors (Lipinski definition) is 2. The van der Waals surface area contributed by atoms with Crippen LogP contribution in [0.5, 0.6) is 5.75 Å². The van der Waals surface area contributed by atoms with Crippen molar-refractivity contribution in [2.45, 2.75) is 31.3 Å². The van der Waals surface area contributed by atoms with E-state index in [-0.39, 0.29) is 6.10 Å². The molecule has 1 aromatic carbocycles. The molecule has 0 saturated carbocycles. The van der Waals surface area contributed by atoms with Crippen LogP contribution in [0.3, 0.4) is 0 Å². The average Bonchev–Trinajstić information content (AvgIpc) is 2.18. The maximum atomic E-state index is 10.5. The van der Waals surface area contributed by atoms with E-state index >= 15 is 0 Å². The molecule has 3 heteroatoms. The molecule has 13 heavy (non-hydrogen) atoms. The smallest absolute Gasteiger partial charge is 0.491 e. The van der Waals surface area contributed by atoms with Crippen molar-refractivity contribution in [1.82, 2.24) is 0 Å². The van der Waals surface area contributed by atoms with Crippen molar-refractivity contribution >= 4 is 11.7 Å². The van der Waals surface area contributed by atoms with Crippen molar-refractivity contribution in [1.29, 1.82) is 0 Å². The topological polar surface area (TPSA) is 26.3 Å². The van der Waals surface area contributed by atoms with Crippen molar-refractivity contribution in [2.24, 2.45) is 0 Å². The van der Waals surface area contributed by atoms with Crippen LogP contribution >= 0.6 is 0 Å². The summed E-state index contributed by atoms with van der Waals surface area (Å²) in [6.07, 6.45) is 1.17. The Hall–Kier alpha value is -0.960. The van der Waals surface area contributed by atoms with Gasteiger partial charge in [0.05, 0.1) is 12.2 Å². The van der Waals surface area contributed by atoms with Crippen molar-refractivity contribution in [2.75, 3.05) is 0 Å². The SMILES string of the molecule is CCC(C)Oc1cccc([S+]=O)c1. The first-order valence-electron chi connectivity index (χ1n) is 4.32. The molecule has 0 aliphatic heterocycles. The summed E-state index contributed by atoms with van der Waals surface area (Å²) >= 11 is 0.488. The van der Waals surface area contributed by atoms with E-state index < -0.39 is 0 Å². The van der Waals surface area contributed by atoms with Gasteiger partial charge in [-0.3, -0.25) is 0 Å². The van der Waals surface area contributed by atoms with Gasteiger partial charge in [0.15, 0.2) is 0 Å². The highest BCUT2D eigenvalue weighted by Gasteiger charge is 2.08. The van der Waals surface area contributed by atoms with Crippen LogP contribution in [-0.4, -0.2) is 6.10 Å². The minimum Gasteiger partial charge on any atom is -0.491 e. The Bertz CT molecular complexity index is 286. The van der Waals surface area contributed by atoms with Crippen LogP contribution < -0.4 is 4.74 Å². The Morgan fingerprint density at radius 2 is 2.31 bits per heavy atom. The van der Waals surface area contributed by atoms with E-state index in [9.17, 15) is 4.21 Å². The second-order valence-corrected chi connectivity index (χ2v) is 3.53. The lowest BCUT2D eigenvalue weighted by Gasteiger charge is -2.11. The van der Waals surface area contributed by atoms with E-state index in [1.807, 2.05) is 19.1 Å². The third-order valence-corrected chi connectivity index (χ3v) is 2.26. The van der Waals surface area contributed by atoms with Gasteiger partial charge in [-0.05, 0) is 19.4 Å². The summed E-state index contributed by atoms with van der Waals surface area (Å²) in [5.41, 5.74) is 0. The molecule has 1 unspecified atom stereocenters. The largest absolute Gasteiger partial charge is 0.505 e. The summed E-state index contributed by atoms with van der Waals surface area (Å²) in [7, 11) is 0. The minimum absolute atomic E-state index is 0.201. The van der Waals surface area contributed by atoms with Crippen LogP contribution in [0.25, 0.3) is 0 Å². The Morgan fingerprint density at radius 1 is 1.54 bits per heavy atom. The highest BCUT2D eigenvalue weighted by Crippen LogP contribution is 2.15. The first-order chi connectivity index (χ1) is 6.26. The first-order valence-corrected chi connectivity index (χ1v) is 5.07. The van der Waals surface area contributed by atoms with Crippen LogP contribution in [0.15, 0.2) is 29.2 Å². The van der Waals surface area contributed by atoms with E-state index in [4.69, 9.17) is 4.74 Å².